The summed E-state index contributed by atoms with van der Waals surface area (Å²) in [5.41, 5.74) is 0. The molecule has 0 heterocycles. The molecule has 0 fully saturated rings. The van der Waals surface area contributed by atoms with Crippen molar-refractivity contribution in [3.05, 3.63) is 0 Å². The Labute approximate surface area is 65.8 Å². The first-order chi connectivity index (χ1) is 3.35. The molecule has 0 saturated carbocycles. The second-order valence-corrected chi connectivity index (χ2v) is 6.25. The molecule has 0 aromatic heterocycles. The topological polar surface area (TPSA) is 12.5 Å². The summed E-state index contributed by atoms with van der Waals surface area (Å²) in [5.74, 6) is 0. The van der Waals surface area contributed by atoms with Crippen LogP contribution < -0.4 is 43.0 Å². The van der Waals surface area contributed by atoms with Crippen LogP contribution in [-0.4, -0.2) is 18.5 Å². The molecule has 0 aromatic carbocycles. The van der Waals surface area contributed by atoms with E-state index in [0.717, 1.165) is 0 Å². The van der Waals surface area contributed by atoms with Crippen molar-refractivity contribution in [1.29, 1.82) is 0 Å². The molecule has 4 heteroatoms. The Morgan fingerprint density at radius 3 is 1.71 bits per heavy atom. The van der Waals surface area contributed by atoms with Gasteiger partial charge in [-0.3, -0.25) is 0 Å². The summed E-state index contributed by atoms with van der Waals surface area (Å²) in [7, 11) is 1.74. The summed E-state index contributed by atoms with van der Waals surface area (Å²) in [6.45, 7) is 0. The zero-order chi connectivity index (χ0) is 5.70. The normalized spacial score (nSPS) is 11.4. The van der Waals surface area contributed by atoms with Crippen molar-refractivity contribution in [2.24, 2.45) is 0 Å². The molecular weight excluding hydrogens is 320 g/mol. The maximum absolute atomic E-state index is 4.98. The van der Waals surface area contributed by atoms with Gasteiger partial charge in [0.1, 0.15) is 0 Å². The average molecular weight is 329 g/mol. The fraction of sp³-hybridized carbons (Fsp3) is 1.00. The molecule has 0 unspecified atom stereocenters. The van der Waals surface area contributed by atoms with Crippen molar-refractivity contribution in [2.45, 2.75) is 0 Å². The number of nitrogens with zero attached hydrogens (tertiary/aromatic N) is 1. The molecule has 0 aromatic rings. The quantitative estimate of drug-likeness (QED) is 0.221. The summed E-state index contributed by atoms with van der Waals surface area (Å²) < 4.78 is 2.09. The van der Waals surface area contributed by atoms with Gasteiger partial charge in [-0.15, -0.1) is 0 Å². The second kappa shape index (κ2) is 5.52. The van der Waals surface area contributed by atoms with Gasteiger partial charge in [0, 0.05) is 0 Å². The summed E-state index contributed by atoms with van der Waals surface area (Å²) in [4.78, 5) is 9.38. The van der Waals surface area contributed by atoms with E-state index in [-0.39, 0.29) is 43.0 Å². The summed E-state index contributed by atoms with van der Waals surface area (Å²) in [5, 5.41) is 0. The number of hydrogen-bond acceptors (Lipinski definition) is 2. The van der Waals surface area contributed by atoms with Crippen LogP contribution in [0.5, 0.6) is 0 Å². The van der Waals surface area contributed by atoms with E-state index >= 15 is 0 Å². The van der Waals surface area contributed by atoms with Gasteiger partial charge < -0.3 is 0 Å². The summed E-state index contributed by atoms with van der Waals surface area (Å²) in [6, 6.07) is 0. The van der Waals surface area contributed by atoms with Crippen molar-refractivity contribution in [2.75, 3.05) is 17.0 Å². The Hall–Kier alpha value is 1.38. The molecule has 0 rings (SSSR count). The molecule has 0 aliphatic carbocycles. The zero-order valence-electron chi connectivity index (χ0n) is 4.61. The first-order valence-electron chi connectivity index (χ1n) is 1.68. The minimum absolute atomic E-state index is 0.201. The molecule has 0 aliphatic rings. The Balaban J connectivity index is 2.99. The fourth-order valence-corrected chi connectivity index (χ4v) is 3.80. The van der Waals surface area contributed by atoms with Crippen molar-refractivity contribution in [3.63, 3.8) is 0 Å². The van der Waals surface area contributed by atoms with Crippen molar-refractivity contribution in [1.82, 2.24) is 1.49 Å². The molecule has 0 radical (unpaired) electrons. The van der Waals surface area contributed by atoms with Crippen LogP contribution in [0.1, 0.15) is 0 Å². The minimum atomic E-state index is 0.201. The van der Waals surface area contributed by atoms with E-state index in [9.17, 15) is 0 Å². The summed E-state index contributed by atoms with van der Waals surface area (Å²) >= 11 is 0.403. The van der Waals surface area contributed by atoms with Gasteiger partial charge in [0.15, 0.2) is 0 Å². The van der Waals surface area contributed by atoms with E-state index in [1.165, 1.54) is 0 Å². The van der Waals surface area contributed by atoms with Crippen LogP contribution >= 0.6 is 0 Å². The molecule has 0 N–H and O–H groups in total. The van der Waals surface area contributed by atoms with Crippen LogP contribution in [0.3, 0.4) is 0 Å². The van der Waals surface area contributed by atoms with Gasteiger partial charge in [-0.1, -0.05) is 0 Å². The standard InChI is InChI=1S/C3H9I2NO/c1-4-6(5-2)7-3/h1-3H3/q-2. The fourth-order valence-electron chi connectivity index (χ4n) is 0.202. The van der Waals surface area contributed by atoms with E-state index in [2.05, 4.69) is 11.4 Å². The van der Waals surface area contributed by atoms with Crippen LogP contribution in [0.4, 0.5) is 0 Å². The van der Waals surface area contributed by atoms with Crippen molar-refractivity contribution in [3.8, 4) is 0 Å². The van der Waals surface area contributed by atoms with Gasteiger partial charge in [0.2, 0.25) is 0 Å². The molecule has 0 saturated heterocycles. The van der Waals surface area contributed by atoms with Crippen LogP contribution in [0, 0.1) is 0 Å². The van der Waals surface area contributed by atoms with Gasteiger partial charge >= 0.3 is 66.3 Å². The number of alkyl halides is 2. The van der Waals surface area contributed by atoms with E-state index < -0.39 is 0 Å². The Morgan fingerprint density at radius 2 is 1.71 bits per heavy atom. The first-order valence-corrected chi connectivity index (χ1v) is 7.93. The molecule has 48 valence electrons. The third-order valence-electron chi connectivity index (χ3n) is 0.404. The van der Waals surface area contributed by atoms with E-state index in [0.29, 0.717) is 0 Å². The van der Waals surface area contributed by atoms with Gasteiger partial charge in [-0.2, -0.15) is 0 Å². The third-order valence-corrected chi connectivity index (χ3v) is 7.60. The van der Waals surface area contributed by atoms with Gasteiger partial charge in [0.05, 0.1) is 0 Å². The van der Waals surface area contributed by atoms with Crippen molar-refractivity contribution >= 4 is 0 Å². The molecule has 0 atom stereocenters. The van der Waals surface area contributed by atoms with Crippen LogP contribution in [-0.2, 0) is 4.84 Å². The Kier molecular flexibility index (Phi) is 6.60. The average Bonchev–Trinajstić information content (AvgIpc) is 1.72. The predicted octanol–water partition coefficient (Wildman–Crippen LogP) is -5.88. The molecular formula is C3H9I2NO-2. The third kappa shape index (κ3) is 3.92. The molecule has 0 spiro atoms. The van der Waals surface area contributed by atoms with E-state index in [1.54, 1.807) is 7.11 Å². The van der Waals surface area contributed by atoms with Gasteiger partial charge in [-0.25, -0.2) is 0 Å². The summed E-state index contributed by atoms with van der Waals surface area (Å²) in [6.07, 6.45) is 0. The zero-order valence-corrected chi connectivity index (χ0v) is 8.93. The van der Waals surface area contributed by atoms with E-state index in [4.69, 9.17) is 4.84 Å². The number of halogens is 2. The number of rotatable bonds is 3. The molecule has 7 heavy (non-hydrogen) atoms. The Morgan fingerprint density at radius 1 is 1.29 bits per heavy atom. The van der Waals surface area contributed by atoms with Crippen LogP contribution in [0.15, 0.2) is 0 Å². The second-order valence-electron chi connectivity index (χ2n) is 0.723. The van der Waals surface area contributed by atoms with E-state index in [1.807, 2.05) is 0 Å². The molecule has 0 bridgehead atoms. The maximum atomic E-state index is 4.98. The predicted molar refractivity (Wildman–Crippen MR) is 20.7 cm³/mol. The first kappa shape index (κ1) is 8.38. The SMILES string of the molecule is CON([I-]C)[I-]C. The van der Waals surface area contributed by atoms with Gasteiger partial charge in [-0.05, 0) is 0 Å². The van der Waals surface area contributed by atoms with Crippen LogP contribution in [0.2, 0.25) is 0 Å². The van der Waals surface area contributed by atoms with Crippen LogP contribution in [0.25, 0.3) is 0 Å². The van der Waals surface area contributed by atoms with Crippen molar-refractivity contribution < 1.29 is 47.8 Å². The van der Waals surface area contributed by atoms with Gasteiger partial charge in [0.25, 0.3) is 0 Å². The molecule has 0 amide bonds. The molecule has 2 nitrogen and oxygen atoms in total. The number of hydrogen-bond donors (Lipinski definition) is 0. The molecule has 0 aliphatic heterocycles. The Bertz CT molecular complexity index is 34.4. The monoisotopic (exact) mass is 329 g/mol.